The van der Waals surface area contributed by atoms with Crippen molar-refractivity contribution in [3.8, 4) is 0 Å². The van der Waals surface area contributed by atoms with Crippen LogP contribution in [0.15, 0.2) is 54.6 Å². The molecule has 0 saturated heterocycles. The molecule has 0 saturated carbocycles. The summed E-state index contributed by atoms with van der Waals surface area (Å²) in [6, 6.07) is 10.9. The van der Waals surface area contributed by atoms with Crippen molar-refractivity contribution < 1.29 is 21.2 Å². The van der Waals surface area contributed by atoms with Crippen LogP contribution in [0.25, 0.3) is 0 Å². The minimum atomic E-state index is 0.168. The Bertz CT molecular complexity index is 311. The summed E-state index contributed by atoms with van der Waals surface area (Å²) in [6.45, 7) is 0. The molecule has 1 atom stereocenters. The Balaban J connectivity index is 1.99. The number of hydrogen-bond acceptors (Lipinski definition) is 0. The molecule has 1 aromatic carbocycles. The predicted octanol–water partition coefficient (Wildman–Crippen LogP) is -0.170. The molecular formula is C12H12I+. The summed E-state index contributed by atoms with van der Waals surface area (Å²) >= 11 is 0.168. The number of alkyl halides is 1. The monoisotopic (exact) mass is 283 g/mol. The van der Waals surface area contributed by atoms with Crippen molar-refractivity contribution in [3.05, 3.63) is 58.2 Å². The second-order valence-corrected chi connectivity index (χ2v) is 6.44. The summed E-state index contributed by atoms with van der Waals surface area (Å²) in [5.41, 5.74) is 0. The quantitative estimate of drug-likeness (QED) is 0.522. The number of benzene rings is 1. The van der Waals surface area contributed by atoms with Crippen molar-refractivity contribution in [3.63, 3.8) is 0 Å². The van der Waals surface area contributed by atoms with E-state index in [0.717, 1.165) is 3.92 Å². The van der Waals surface area contributed by atoms with Crippen LogP contribution in [-0.4, -0.2) is 3.92 Å². The molecule has 0 spiro atoms. The molecule has 0 nitrogen and oxygen atoms in total. The number of allylic oxidation sites excluding steroid dienone is 4. The molecule has 1 heteroatoms. The zero-order chi connectivity index (χ0) is 8.93. The van der Waals surface area contributed by atoms with Crippen LogP contribution in [0, 0.1) is 3.57 Å². The van der Waals surface area contributed by atoms with E-state index in [1.54, 1.807) is 3.57 Å². The second kappa shape index (κ2) is 4.61. The SMILES string of the molecule is C1=CCC([I+]c2ccccc2)C=C1. The minimum Gasteiger partial charge on any atom is -0.0797 e. The Morgan fingerprint density at radius 2 is 1.92 bits per heavy atom. The van der Waals surface area contributed by atoms with Crippen LogP contribution < -0.4 is 21.2 Å². The molecule has 0 aromatic heterocycles. The summed E-state index contributed by atoms with van der Waals surface area (Å²) in [4.78, 5) is 0. The minimum absolute atomic E-state index is 0.168. The first-order chi connectivity index (χ1) is 6.45. The second-order valence-electron chi connectivity index (χ2n) is 2.97. The van der Waals surface area contributed by atoms with Crippen molar-refractivity contribution in [2.24, 2.45) is 0 Å². The topological polar surface area (TPSA) is 0 Å². The molecule has 1 unspecified atom stereocenters. The first kappa shape index (κ1) is 9.00. The average molecular weight is 283 g/mol. The number of halogens is 1. The van der Waals surface area contributed by atoms with E-state index in [-0.39, 0.29) is 21.2 Å². The van der Waals surface area contributed by atoms with Crippen LogP contribution in [0.3, 0.4) is 0 Å². The van der Waals surface area contributed by atoms with Crippen molar-refractivity contribution >= 4 is 0 Å². The van der Waals surface area contributed by atoms with Crippen molar-refractivity contribution in [2.45, 2.75) is 10.3 Å². The van der Waals surface area contributed by atoms with E-state index in [1.165, 1.54) is 6.42 Å². The fourth-order valence-corrected chi connectivity index (χ4v) is 4.03. The van der Waals surface area contributed by atoms with Gasteiger partial charge < -0.3 is 0 Å². The van der Waals surface area contributed by atoms with E-state index in [2.05, 4.69) is 54.6 Å². The van der Waals surface area contributed by atoms with Gasteiger partial charge in [0.1, 0.15) is 0 Å². The van der Waals surface area contributed by atoms with E-state index in [1.807, 2.05) is 0 Å². The first-order valence-electron chi connectivity index (χ1n) is 4.47. The third-order valence-corrected chi connectivity index (χ3v) is 5.09. The summed E-state index contributed by atoms with van der Waals surface area (Å²) < 4.78 is 2.36. The molecule has 2 rings (SSSR count). The molecule has 0 amide bonds. The van der Waals surface area contributed by atoms with Gasteiger partial charge in [0, 0.05) is 6.42 Å². The lowest BCUT2D eigenvalue weighted by Crippen LogP contribution is -3.65. The highest BCUT2D eigenvalue weighted by Crippen LogP contribution is 1.96. The fourth-order valence-electron chi connectivity index (χ4n) is 1.28. The van der Waals surface area contributed by atoms with Crippen LogP contribution >= 0.6 is 0 Å². The van der Waals surface area contributed by atoms with Gasteiger partial charge in [0.2, 0.25) is 0 Å². The number of hydrogen-bond donors (Lipinski definition) is 0. The normalized spacial score (nSPS) is 20.5. The molecule has 0 fully saturated rings. The lowest BCUT2D eigenvalue weighted by Gasteiger charge is -1.98. The molecule has 0 radical (unpaired) electrons. The first-order valence-corrected chi connectivity index (χ1v) is 6.79. The van der Waals surface area contributed by atoms with Gasteiger partial charge in [-0.3, -0.25) is 0 Å². The van der Waals surface area contributed by atoms with Crippen LogP contribution in [0.4, 0.5) is 0 Å². The van der Waals surface area contributed by atoms with Gasteiger partial charge in [-0.25, -0.2) is 0 Å². The fraction of sp³-hybridized carbons (Fsp3) is 0.167. The lowest BCUT2D eigenvalue weighted by atomic mass is 10.2. The standard InChI is InChI=1S/C12H12I/c1-3-7-11(8-4-1)13-12-9-5-2-6-10-12/h1-9,12H,10H2/q+1. The third-order valence-electron chi connectivity index (χ3n) is 1.93. The van der Waals surface area contributed by atoms with Gasteiger partial charge in [-0.05, 0) is 18.2 Å². The largest absolute Gasteiger partial charge is 0.321 e. The van der Waals surface area contributed by atoms with E-state index in [0.29, 0.717) is 0 Å². The highest BCUT2D eigenvalue weighted by molar-refractivity contribution is 5.11. The molecule has 66 valence electrons. The summed E-state index contributed by atoms with van der Waals surface area (Å²) in [6.07, 6.45) is 10.2. The molecule has 1 aliphatic rings. The molecule has 13 heavy (non-hydrogen) atoms. The molecule has 1 aromatic rings. The van der Waals surface area contributed by atoms with Gasteiger partial charge in [-0.1, -0.05) is 36.4 Å². The van der Waals surface area contributed by atoms with Gasteiger partial charge in [-0.2, -0.15) is 0 Å². The van der Waals surface area contributed by atoms with Gasteiger partial charge in [0.25, 0.3) is 0 Å². The highest BCUT2D eigenvalue weighted by Gasteiger charge is 2.22. The Hall–Kier alpha value is -0.570. The van der Waals surface area contributed by atoms with Gasteiger partial charge >= 0.3 is 21.2 Å². The van der Waals surface area contributed by atoms with Gasteiger partial charge in [0.05, 0.1) is 0 Å². The molecule has 0 aliphatic heterocycles. The van der Waals surface area contributed by atoms with Crippen LogP contribution in [0.5, 0.6) is 0 Å². The maximum Gasteiger partial charge on any atom is 0.321 e. The van der Waals surface area contributed by atoms with Crippen LogP contribution in [0.1, 0.15) is 6.42 Å². The smallest absolute Gasteiger partial charge is 0.0797 e. The van der Waals surface area contributed by atoms with Crippen molar-refractivity contribution in [2.75, 3.05) is 0 Å². The molecule has 0 heterocycles. The Morgan fingerprint density at radius 1 is 1.08 bits per heavy atom. The maximum atomic E-state index is 2.35. The third kappa shape index (κ3) is 2.69. The van der Waals surface area contributed by atoms with Gasteiger partial charge in [0.15, 0.2) is 7.49 Å². The Labute approximate surface area is 89.6 Å². The zero-order valence-corrected chi connectivity index (χ0v) is 9.52. The molecule has 0 N–H and O–H groups in total. The molecular weight excluding hydrogens is 271 g/mol. The van der Waals surface area contributed by atoms with E-state index in [9.17, 15) is 0 Å². The lowest BCUT2D eigenvalue weighted by molar-refractivity contribution is -0.651. The zero-order valence-electron chi connectivity index (χ0n) is 7.36. The Morgan fingerprint density at radius 3 is 2.62 bits per heavy atom. The van der Waals surface area contributed by atoms with Gasteiger partial charge in [-0.15, -0.1) is 0 Å². The summed E-state index contributed by atoms with van der Waals surface area (Å²) in [5, 5.41) is 0. The van der Waals surface area contributed by atoms with E-state index >= 15 is 0 Å². The van der Waals surface area contributed by atoms with E-state index in [4.69, 9.17) is 0 Å². The highest BCUT2D eigenvalue weighted by atomic mass is 127. The van der Waals surface area contributed by atoms with E-state index < -0.39 is 0 Å². The van der Waals surface area contributed by atoms with Crippen molar-refractivity contribution in [1.29, 1.82) is 0 Å². The molecule has 1 aliphatic carbocycles. The maximum absolute atomic E-state index is 2.35. The predicted molar refractivity (Wildman–Crippen MR) is 51.8 cm³/mol. The van der Waals surface area contributed by atoms with Crippen LogP contribution in [0.2, 0.25) is 0 Å². The average Bonchev–Trinajstić information content (AvgIpc) is 2.21. The Kier molecular flexibility index (Phi) is 3.19. The van der Waals surface area contributed by atoms with Crippen LogP contribution in [-0.2, 0) is 0 Å². The summed E-state index contributed by atoms with van der Waals surface area (Å²) in [5.74, 6) is 0. The summed E-state index contributed by atoms with van der Waals surface area (Å²) in [7, 11) is 0. The van der Waals surface area contributed by atoms with Crippen molar-refractivity contribution in [1.82, 2.24) is 0 Å². The molecule has 0 bridgehead atoms. The number of rotatable bonds is 2.